The van der Waals surface area contributed by atoms with Crippen LogP contribution in [0.15, 0.2) is 29.3 Å². The van der Waals surface area contributed by atoms with Crippen LogP contribution in [-0.2, 0) is 11.3 Å². The van der Waals surface area contributed by atoms with E-state index < -0.39 is 0 Å². The highest BCUT2D eigenvalue weighted by Gasteiger charge is 2.05. The summed E-state index contributed by atoms with van der Waals surface area (Å²) < 4.78 is 5.30. The van der Waals surface area contributed by atoms with Gasteiger partial charge in [0, 0.05) is 46.2 Å². The minimum absolute atomic E-state index is 0. The molecule has 0 heterocycles. The van der Waals surface area contributed by atoms with Gasteiger partial charge in [-0.3, -0.25) is 9.79 Å². The standard InChI is InChI=1S/C15H24N4O2.HI/c1-16-15(17-10-9-14(20)19(2)3)18-11-12-7-5-6-8-13(12)21-4;/h5-8H,9-11H2,1-4H3,(H2,16,17,18);1H. The predicted octanol–water partition coefficient (Wildman–Crippen LogP) is 1.46. The summed E-state index contributed by atoms with van der Waals surface area (Å²) >= 11 is 0. The first-order valence-corrected chi connectivity index (χ1v) is 6.85. The Morgan fingerprint density at radius 2 is 1.95 bits per heavy atom. The van der Waals surface area contributed by atoms with E-state index in [0.717, 1.165) is 11.3 Å². The molecule has 0 saturated carbocycles. The number of para-hydroxylation sites is 1. The molecule has 124 valence electrons. The summed E-state index contributed by atoms with van der Waals surface area (Å²) in [6.07, 6.45) is 0.433. The van der Waals surface area contributed by atoms with E-state index >= 15 is 0 Å². The average Bonchev–Trinajstić information content (AvgIpc) is 2.50. The van der Waals surface area contributed by atoms with Crippen molar-refractivity contribution >= 4 is 35.8 Å². The maximum absolute atomic E-state index is 11.5. The highest BCUT2D eigenvalue weighted by Crippen LogP contribution is 2.16. The second-order valence-electron chi connectivity index (χ2n) is 4.70. The Bertz CT molecular complexity index is 492. The van der Waals surface area contributed by atoms with Crippen LogP contribution in [-0.4, -0.2) is 51.6 Å². The molecule has 0 unspecified atom stereocenters. The van der Waals surface area contributed by atoms with Crippen LogP contribution in [0.3, 0.4) is 0 Å². The Hall–Kier alpha value is -1.51. The van der Waals surface area contributed by atoms with Gasteiger partial charge in [0.25, 0.3) is 0 Å². The van der Waals surface area contributed by atoms with Crippen molar-refractivity contribution in [2.24, 2.45) is 4.99 Å². The van der Waals surface area contributed by atoms with Crippen molar-refractivity contribution in [1.82, 2.24) is 15.5 Å². The van der Waals surface area contributed by atoms with E-state index in [0.29, 0.717) is 25.5 Å². The summed E-state index contributed by atoms with van der Waals surface area (Å²) in [6, 6.07) is 7.81. The topological polar surface area (TPSA) is 66.0 Å². The number of hydrogen-bond acceptors (Lipinski definition) is 3. The fourth-order valence-corrected chi connectivity index (χ4v) is 1.76. The Morgan fingerprint density at radius 1 is 1.27 bits per heavy atom. The number of ether oxygens (including phenoxy) is 1. The van der Waals surface area contributed by atoms with Gasteiger partial charge in [-0.15, -0.1) is 24.0 Å². The van der Waals surface area contributed by atoms with E-state index in [9.17, 15) is 4.79 Å². The summed E-state index contributed by atoms with van der Waals surface area (Å²) in [7, 11) is 6.85. The van der Waals surface area contributed by atoms with Gasteiger partial charge in [0.1, 0.15) is 5.75 Å². The van der Waals surface area contributed by atoms with Crippen LogP contribution >= 0.6 is 24.0 Å². The fraction of sp³-hybridized carbons (Fsp3) is 0.467. The summed E-state index contributed by atoms with van der Waals surface area (Å²) in [6.45, 7) is 1.15. The van der Waals surface area contributed by atoms with Crippen LogP contribution < -0.4 is 15.4 Å². The number of methoxy groups -OCH3 is 1. The Balaban J connectivity index is 0.00000441. The number of amides is 1. The number of carbonyl (C=O) groups is 1. The molecule has 22 heavy (non-hydrogen) atoms. The molecule has 2 N–H and O–H groups in total. The summed E-state index contributed by atoms with van der Waals surface area (Å²) in [5.74, 6) is 1.58. The highest BCUT2D eigenvalue weighted by atomic mass is 127. The molecule has 0 bridgehead atoms. The number of guanidine groups is 1. The Labute approximate surface area is 149 Å². The van der Waals surface area contributed by atoms with Crippen LogP contribution in [0.25, 0.3) is 0 Å². The number of hydrogen-bond donors (Lipinski definition) is 2. The van der Waals surface area contributed by atoms with Crippen LogP contribution in [0.5, 0.6) is 5.75 Å². The molecule has 0 saturated heterocycles. The van der Waals surface area contributed by atoms with Crippen LogP contribution in [0.2, 0.25) is 0 Å². The van der Waals surface area contributed by atoms with E-state index in [1.54, 1.807) is 33.2 Å². The van der Waals surface area contributed by atoms with Crippen molar-refractivity contribution < 1.29 is 9.53 Å². The summed E-state index contributed by atoms with van der Waals surface area (Å²) in [5, 5.41) is 6.31. The first-order chi connectivity index (χ1) is 10.1. The molecule has 0 aromatic heterocycles. The SMILES string of the molecule is CN=C(NCCC(=O)N(C)C)NCc1ccccc1OC.I. The van der Waals surface area contributed by atoms with E-state index in [1.807, 2.05) is 24.3 Å². The van der Waals surface area contributed by atoms with Crippen LogP contribution in [0.4, 0.5) is 0 Å². The van der Waals surface area contributed by atoms with E-state index in [2.05, 4.69) is 15.6 Å². The minimum atomic E-state index is 0. The van der Waals surface area contributed by atoms with Gasteiger partial charge in [0.2, 0.25) is 5.91 Å². The minimum Gasteiger partial charge on any atom is -0.496 e. The third kappa shape index (κ3) is 6.97. The normalized spacial score (nSPS) is 10.5. The zero-order valence-corrected chi connectivity index (χ0v) is 15.9. The molecule has 0 aliphatic rings. The molecule has 0 spiro atoms. The summed E-state index contributed by atoms with van der Waals surface area (Å²) in [5.41, 5.74) is 1.05. The lowest BCUT2D eigenvalue weighted by atomic mass is 10.2. The second kappa shape index (κ2) is 11.1. The monoisotopic (exact) mass is 420 g/mol. The third-order valence-corrected chi connectivity index (χ3v) is 2.99. The van der Waals surface area contributed by atoms with Crippen molar-refractivity contribution in [2.75, 3.05) is 34.8 Å². The molecule has 1 aromatic carbocycles. The lowest BCUT2D eigenvalue weighted by molar-refractivity contribution is -0.128. The molecule has 1 aromatic rings. The van der Waals surface area contributed by atoms with Crippen molar-refractivity contribution in [3.8, 4) is 5.75 Å². The fourth-order valence-electron chi connectivity index (χ4n) is 1.76. The number of benzene rings is 1. The Kier molecular flexibility index (Phi) is 10.3. The van der Waals surface area contributed by atoms with Crippen LogP contribution in [0, 0.1) is 0 Å². The van der Waals surface area contributed by atoms with Crippen molar-refractivity contribution in [3.05, 3.63) is 29.8 Å². The number of rotatable bonds is 6. The maximum atomic E-state index is 11.5. The zero-order valence-electron chi connectivity index (χ0n) is 13.5. The first-order valence-electron chi connectivity index (χ1n) is 6.85. The molecular weight excluding hydrogens is 395 g/mol. The number of carbonyl (C=O) groups excluding carboxylic acids is 1. The highest BCUT2D eigenvalue weighted by molar-refractivity contribution is 14.0. The molecule has 1 amide bonds. The predicted molar refractivity (Wildman–Crippen MR) is 99.9 cm³/mol. The van der Waals surface area contributed by atoms with Gasteiger partial charge in [0.15, 0.2) is 5.96 Å². The Morgan fingerprint density at radius 3 is 2.55 bits per heavy atom. The second-order valence-corrected chi connectivity index (χ2v) is 4.70. The number of nitrogens with one attached hydrogen (secondary N) is 2. The molecule has 1 rings (SSSR count). The lowest BCUT2D eigenvalue weighted by Gasteiger charge is -2.14. The quantitative estimate of drug-likeness (QED) is 0.416. The molecule has 0 aliphatic carbocycles. The molecule has 0 aliphatic heterocycles. The first kappa shape index (κ1) is 20.5. The van der Waals surface area contributed by atoms with Crippen molar-refractivity contribution in [1.29, 1.82) is 0 Å². The summed E-state index contributed by atoms with van der Waals surface area (Å²) in [4.78, 5) is 17.2. The average molecular weight is 420 g/mol. The van der Waals surface area contributed by atoms with Gasteiger partial charge in [0.05, 0.1) is 7.11 Å². The van der Waals surface area contributed by atoms with E-state index in [1.165, 1.54) is 0 Å². The van der Waals surface area contributed by atoms with Crippen molar-refractivity contribution in [3.63, 3.8) is 0 Å². The molecule has 6 nitrogen and oxygen atoms in total. The molecule has 7 heteroatoms. The number of nitrogens with zero attached hydrogens (tertiary/aromatic N) is 2. The largest absolute Gasteiger partial charge is 0.496 e. The maximum Gasteiger partial charge on any atom is 0.223 e. The third-order valence-electron chi connectivity index (χ3n) is 2.99. The smallest absolute Gasteiger partial charge is 0.223 e. The molecule has 0 fully saturated rings. The van der Waals surface area contributed by atoms with Gasteiger partial charge in [-0.1, -0.05) is 18.2 Å². The molecule has 0 radical (unpaired) electrons. The molecular formula is C15H25IN4O2. The van der Waals surface area contributed by atoms with Gasteiger partial charge in [-0.25, -0.2) is 0 Å². The lowest BCUT2D eigenvalue weighted by Crippen LogP contribution is -2.38. The van der Waals surface area contributed by atoms with E-state index in [-0.39, 0.29) is 29.9 Å². The number of aliphatic imine (C=N–C) groups is 1. The van der Waals surface area contributed by atoms with Gasteiger partial charge in [-0.2, -0.15) is 0 Å². The zero-order chi connectivity index (χ0) is 15.7. The van der Waals surface area contributed by atoms with Gasteiger partial charge < -0.3 is 20.3 Å². The van der Waals surface area contributed by atoms with Crippen LogP contribution in [0.1, 0.15) is 12.0 Å². The van der Waals surface area contributed by atoms with Gasteiger partial charge >= 0.3 is 0 Å². The van der Waals surface area contributed by atoms with Crippen molar-refractivity contribution in [2.45, 2.75) is 13.0 Å². The van der Waals surface area contributed by atoms with Gasteiger partial charge in [-0.05, 0) is 6.07 Å². The van der Waals surface area contributed by atoms with E-state index in [4.69, 9.17) is 4.74 Å². The molecule has 0 atom stereocenters. The number of halogens is 1.